The van der Waals surface area contributed by atoms with Gasteiger partial charge in [-0.3, -0.25) is 9.69 Å². The fourth-order valence-corrected chi connectivity index (χ4v) is 3.63. The highest BCUT2D eigenvalue weighted by Crippen LogP contribution is 2.26. The van der Waals surface area contributed by atoms with E-state index in [4.69, 9.17) is 5.11 Å². The first-order valence-electron chi connectivity index (χ1n) is 7.08. The summed E-state index contributed by atoms with van der Waals surface area (Å²) in [6.07, 6.45) is 1.63. The molecule has 2 saturated heterocycles. The Morgan fingerprint density at radius 3 is 2.90 bits per heavy atom. The molecule has 0 saturated carbocycles. The molecule has 112 valence electrons. The van der Waals surface area contributed by atoms with Crippen LogP contribution in [0.2, 0.25) is 0 Å². The number of rotatable bonds is 3. The van der Waals surface area contributed by atoms with Gasteiger partial charge in [-0.05, 0) is 24.1 Å². The number of carboxylic acids is 1. The van der Waals surface area contributed by atoms with Crippen molar-refractivity contribution in [1.29, 1.82) is 0 Å². The average Bonchev–Trinajstić information content (AvgIpc) is 2.82. The lowest BCUT2D eigenvalue weighted by Gasteiger charge is -2.37. The number of aromatic carboxylic acids is 1. The molecule has 1 aromatic rings. The molecule has 2 heterocycles. The number of piperazine rings is 1. The van der Waals surface area contributed by atoms with Crippen molar-refractivity contribution in [2.45, 2.75) is 25.4 Å². The molecule has 1 N–H and O–H groups in total. The number of benzene rings is 1. The molecular formula is C15H17BrN2O3. The quantitative estimate of drug-likeness (QED) is 0.903. The molecule has 0 aromatic heterocycles. The summed E-state index contributed by atoms with van der Waals surface area (Å²) in [5.41, 5.74) is 1.37. The minimum atomic E-state index is -0.916. The van der Waals surface area contributed by atoms with Crippen LogP contribution in [0.1, 0.15) is 28.8 Å². The van der Waals surface area contributed by atoms with Gasteiger partial charge in [0.2, 0.25) is 5.91 Å². The van der Waals surface area contributed by atoms with E-state index in [0.717, 1.165) is 42.6 Å². The third kappa shape index (κ3) is 2.96. The van der Waals surface area contributed by atoms with E-state index in [2.05, 4.69) is 20.8 Å². The highest BCUT2D eigenvalue weighted by molar-refractivity contribution is 9.10. The van der Waals surface area contributed by atoms with Crippen LogP contribution in [-0.2, 0) is 11.3 Å². The third-order valence-corrected chi connectivity index (χ3v) is 5.01. The molecule has 1 atom stereocenters. The second-order valence-electron chi connectivity index (χ2n) is 5.63. The zero-order valence-corrected chi connectivity index (χ0v) is 13.2. The minimum absolute atomic E-state index is 0.284. The van der Waals surface area contributed by atoms with Crippen LogP contribution in [0.4, 0.5) is 0 Å². The van der Waals surface area contributed by atoms with Crippen LogP contribution >= 0.6 is 15.9 Å². The van der Waals surface area contributed by atoms with E-state index in [9.17, 15) is 9.59 Å². The highest BCUT2D eigenvalue weighted by atomic mass is 79.9. The van der Waals surface area contributed by atoms with E-state index in [-0.39, 0.29) is 11.5 Å². The molecule has 21 heavy (non-hydrogen) atoms. The predicted octanol–water partition coefficient (Wildman–Crippen LogP) is 1.95. The van der Waals surface area contributed by atoms with Crippen molar-refractivity contribution in [2.75, 3.05) is 19.6 Å². The number of halogens is 1. The fraction of sp³-hybridized carbons (Fsp3) is 0.467. The Labute approximate surface area is 131 Å². The van der Waals surface area contributed by atoms with Crippen molar-refractivity contribution >= 4 is 27.8 Å². The van der Waals surface area contributed by atoms with Gasteiger partial charge in [-0.25, -0.2) is 4.79 Å². The smallest absolute Gasteiger partial charge is 0.335 e. The molecule has 2 fully saturated rings. The Balaban J connectivity index is 1.67. The Morgan fingerprint density at radius 2 is 2.19 bits per heavy atom. The van der Waals surface area contributed by atoms with Gasteiger partial charge in [0.1, 0.15) is 0 Å². The lowest BCUT2D eigenvalue weighted by molar-refractivity contribution is -0.130. The van der Waals surface area contributed by atoms with Crippen LogP contribution in [0.25, 0.3) is 0 Å². The predicted molar refractivity (Wildman–Crippen MR) is 81.1 cm³/mol. The standard InChI is InChI=1S/C15H17BrN2O3/c16-13-7-10(15(20)21)1-2-11(13)8-17-5-6-18-12(9-17)3-4-14(18)19/h1-2,7,12H,3-6,8-9H2,(H,20,21). The summed E-state index contributed by atoms with van der Waals surface area (Å²) >= 11 is 3.45. The molecule has 0 aliphatic carbocycles. The molecule has 2 aliphatic heterocycles. The van der Waals surface area contributed by atoms with Gasteiger partial charge in [0.05, 0.1) is 5.56 Å². The van der Waals surface area contributed by atoms with Crippen molar-refractivity contribution in [3.63, 3.8) is 0 Å². The summed E-state index contributed by atoms with van der Waals surface area (Å²) in [4.78, 5) is 26.9. The van der Waals surface area contributed by atoms with Crippen LogP contribution in [0.3, 0.4) is 0 Å². The summed E-state index contributed by atoms with van der Waals surface area (Å²) in [5, 5.41) is 8.98. The maximum absolute atomic E-state index is 11.7. The normalized spacial score (nSPS) is 22.4. The number of fused-ring (bicyclic) bond motifs is 1. The summed E-state index contributed by atoms with van der Waals surface area (Å²) in [6, 6.07) is 5.49. The van der Waals surface area contributed by atoms with Crippen LogP contribution in [0.15, 0.2) is 22.7 Å². The van der Waals surface area contributed by atoms with Crippen LogP contribution in [0, 0.1) is 0 Å². The molecule has 1 aromatic carbocycles. The number of carbonyl (C=O) groups is 2. The van der Waals surface area contributed by atoms with Crippen molar-refractivity contribution in [3.05, 3.63) is 33.8 Å². The average molecular weight is 353 g/mol. The van der Waals surface area contributed by atoms with Crippen molar-refractivity contribution < 1.29 is 14.7 Å². The summed E-state index contributed by atoms with van der Waals surface area (Å²) in [5.74, 6) is -0.632. The first-order chi connectivity index (χ1) is 10.0. The van der Waals surface area contributed by atoms with Gasteiger partial charge in [0.25, 0.3) is 0 Å². The number of carboxylic acid groups (broad SMARTS) is 1. The molecule has 0 bridgehead atoms. The van der Waals surface area contributed by atoms with E-state index in [1.807, 2.05) is 11.0 Å². The van der Waals surface area contributed by atoms with Gasteiger partial charge < -0.3 is 10.0 Å². The summed E-state index contributed by atoms with van der Waals surface area (Å²) in [7, 11) is 0. The SMILES string of the molecule is O=C(O)c1ccc(CN2CCN3C(=O)CCC3C2)c(Br)c1. The lowest BCUT2D eigenvalue weighted by Crippen LogP contribution is -2.50. The van der Waals surface area contributed by atoms with Gasteiger partial charge in [-0.1, -0.05) is 22.0 Å². The van der Waals surface area contributed by atoms with Crippen molar-refractivity contribution in [2.24, 2.45) is 0 Å². The monoisotopic (exact) mass is 352 g/mol. The molecular weight excluding hydrogens is 336 g/mol. The van der Waals surface area contributed by atoms with Crippen LogP contribution in [0.5, 0.6) is 0 Å². The number of amides is 1. The molecule has 1 unspecified atom stereocenters. The number of nitrogens with zero attached hydrogens (tertiary/aromatic N) is 2. The first kappa shape index (κ1) is 14.5. The van der Waals surface area contributed by atoms with Crippen LogP contribution < -0.4 is 0 Å². The first-order valence-corrected chi connectivity index (χ1v) is 7.87. The zero-order chi connectivity index (χ0) is 15.0. The maximum Gasteiger partial charge on any atom is 0.335 e. The van der Waals surface area contributed by atoms with E-state index < -0.39 is 5.97 Å². The Kier molecular flexibility index (Phi) is 3.99. The molecule has 6 heteroatoms. The fourth-order valence-electron chi connectivity index (χ4n) is 3.12. The molecule has 3 rings (SSSR count). The van der Waals surface area contributed by atoms with Gasteiger partial charge in [-0.15, -0.1) is 0 Å². The minimum Gasteiger partial charge on any atom is -0.478 e. The van der Waals surface area contributed by atoms with Gasteiger partial charge in [-0.2, -0.15) is 0 Å². The second-order valence-corrected chi connectivity index (χ2v) is 6.48. The Morgan fingerprint density at radius 1 is 1.38 bits per heavy atom. The lowest BCUT2D eigenvalue weighted by atomic mass is 10.1. The largest absolute Gasteiger partial charge is 0.478 e. The van der Waals surface area contributed by atoms with Crippen molar-refractivity contribution in [3.8, 4) is 0 Å². The van der Waals surface area contributed by atoms with E-state index in [0.29, 0.717) is 12.5 Å². The Bertz CT molecular complexity index is 590. The number of hydrogen-bond acceptors (Lipinski definition) is 3. The number of hydrogen-bond donors (Lipinski definition) is 1. The summed E-state index contributed by atoms with van der Waals surface area (Å²) < 4.78 is 0.826. The van der Waals surface area contributed by atoms with E-state index in [1.165, 1.54) is 0 Å². The van der Waals surface area contributed by atoms with E-state index in [1.54, 1.807) is 12.1 Å². The summed E-state index contributed by atoms with van der Waals surface area (Å²) in [6.45, 7) is 3.35. The molecule has 0 radical (unpaired) electrons. The van der Waals surface area contributed by atoms with Crippen molar-refractivity contribution in [1.82, 2.24) is 9.80 Å². The van der Waals surface area contributed by atoms with E-state index >= 15 is 0 Å². The van der Waals surface area contributed by atoms with Crippen LogP contribution in [-0.4, -0.2) is 52.5 Å². The number of carbonyl (C=O) groups excluding carboxylic acids is 1. The molecule has 0 spiro atoms. The maximum atomic E-state index is 11.7. The Hall–Kier alpha value is -1.40. The zero-order valence-electron chi connectivity index (χ0n) is 11.6. The molecule has 5 nitrogen and oxygen atoms in total. The molecule has 1 amide bonds. The van der Waals surface area contributed by atoms with Gasteiger partial charge in [0.15, 0.2) is 0 Å². The van der Waals surface area contributed by atoms with Gasteiger partial charge >= 0.3 is 5.97 Å². The molecule has 2 aliphatic rings. The third-order valence-electron chi connectivity index (χ3n) is 4.27. The topological polar surface area (TPSA) is 60.9 Å². The van der Waals surface area contributed by atoms with Gasteiger partial charge in [0, 0.05) is 43.1 Å². The second kappa shape index (κ2) is 5.77. The highest BCUT2D eigenvalue weighted by Gasteiger charge is 2.35.